The normalized spacial score (nSPS) is 45.2. The number of carbonyl (C=O) groups is 1. The molecular weight excluding hydrogens is 152 g/mol. The van der Waals surface area contributed by atoms with E-state index in [-0.39, 0.29) is 11.4 Å². The van der Waals surface area contributed by atoms with Crippen LogP contribution in [0.5, 0.6) is 0 Å². The predicted octanol–water partition coefficient (Wildman–Crippen LogP) is 1.92. The molecule has 0 radical (unpaired) electrons. The summed E-state index contributed by atoms with van der Waals surface area (Å²) in [7, 11) is 0. The number of carbonyl (C=O) groups excluding carboxylic acids is 1. The third kappa shape index (κ3) is 1.18. The van der Waals surface area contributed by atoms with E-state index in [0.717, 1.165) is 19.4 Å². The number of fused-ring (bicyclic) bond motifs is 2. The van der Waals surface area contributed by atoms with Crippen molar-refractivity contribution in [2.75, 3.05) is 6.61 Å². The van der Waals surface area contributed by atoms with Gasteiger partial charge in [0.1, 0.15) is 5.78 Å². The van der Waals surface area contributed by atoms with Crippen LogP contribution in [0.25, 0.3) is 0 Å². The van der Waals surface area contributed by atoms with Gasteiger partial charge < -0.3 is 4.74 Å². The summed E-state index contributed by atoms with van der Waals surface area (Å²) in [6.45, 7) is 4.81. The third-order valence-electron chi connectivity index (χ3n) is 3.18. The van der Waals surface area contributed by atoms with Gasteiger partial charge in [-0.1, -0.05) is 6.92 Å². The topological polar surface area (TPSA) is 26.3 Å². The quantitative estimate of drug-likeness (QED) is 0.629. The summed E-state index contributed by atoms with van der Waals surface area (Å²) < 4.78 is 5.69. The first kappa shape index (κ1) is 8.24. The number of hydrogen-bond acceptors (Lipinski definition) is 2. The fraction of sp³-hybridized carbons (Fsp3) is 0.900. The Kier molecular flexibility index (Phi) is 1.59. The Labute approximate surface area is 73.3 Å². The molecule has 2 heterocycles. The molecule has 2 saturated heterocycles. The average molecular weight is 168 g/mol. The van der Waals surface area contributed by atoms with Gasteiger partial charge in [-0.05, 0) is 31.6 Å². The molecule has 1 aliphatic carbocycles. The lowest BCUT2D eigenvalue weighted by Crippen LogP contribution is -2.57. The summed E-state index contributed by atoms with van der Waals surface area (Å²) in [5.41, 5.74) is 0.451. The molecule has 3 aliphatic rings. The van der Waals surface area contributed by atoms with E-state index >= 15 is 0 Å². The van der Waals surface area contributed by atoms with Gasteiger partial charge in [0.15, 0.2) is 0 Å². The van der Waals surface area contributed by atoms with Crippen molar-refractivity contribution in [2.24, 2.45) is 5.41 Å². The van der Waals surface area contributed by atoms with E-state index in [0.29, 0.717) is 11.8 Å². The molecule has 0 aromatic carbocycles. The molecule has 0 aromatic heterocycles. The van der Waals surface area contributed by atoms with E-state index < -0.39 is 0 Å². The molecule has 2 bridgehead atoms. The van der Waals surface area contributed by atoms with Gasteiger partial charge in [0.05, 0.1) is 5.60 Å². The molecule has 0 N–H and O–H groups in total. The van der Waals surface area contributed by atoms with Gasteiger partial charge in [0.25, 0.3) is 0 Å². The van der Waals surface area contributed by atoms with Crippen LogP contribution in [0.1, 0.15) is 39.5 Å². The average Bonchev–Trinajstić information content (AvgIpc) is 1.81. The lowest BCUT2D eigenvalue weighted by molar-refractivity contribution is -0.219. The van der Waals surface area contributed by atoms with Crippen molar-refractivity contribution in [1.82, 2.24) is 0 Å². The first-order chi connectivity index (χ1) is 5.54. The second-order valence-corrected chi connectivity index (χ2v) is 4.82. The number of ether oxygens (including phenoxy) is 1. The molecule has 3 fully saturated rings. The first-order valence-corrected chi connectivity index (χ1v) is 4.67. The van der Waals surface area contributed by atoms with Crippen LogP contribution in [0.4, 0.5) is 0 Å². The van der Waals surface area contributed by atoms with E-state index in [1.807, 2.05) is 0 Å². The summed E-state index contributed by atoms with van der Waals surface area (Å²) in [4.78, 5) is 11.0. The van der Waals surface area contributed by atoms with Gasteiger partial charge in [0, 0.05) is 13.0 Å². The van der Waals surface area contributed by atoms with Crippen molar-refractivity contribution in [3.63, 3.8) is 0 Å². The molecule has 2 heteroatoms. The minimum Gasteiger partial charge on any atom is -0.374 e. The number of rotatable bonds is 2. The molecule has 0 amide bonds. The number of hydrogen-bond donors (Lipinski definition) is 0. The Bertz CT molecular complexity index is 214. The highest BCUT2D eigenvalue weighted by Crippen LogP contribution is 2.57. The van der Waals surface area contributed by atoms with E-state index in [1.54, 1.807) is 6.92 Å². The minimum atomic E-state index is -0.0428. The number of ketones is 1. The highest BCUT2D eigenvalue weighted by Gasteiger charge is 2.55. The summed E-state index contributed by atoms with van der Waals surface area (Å²) in [5, 5.41) is 0. The maximum atomic E-state index is 11.0. The fourth-order valence-corrected chi connectivity index (χ4v) is 2.93. The molecule has 68 valence electrons. The zero-order valence-corrected chi connectivity index (χ0v) is 7.85. The van der Waals surface area contributed by atoms with Gasteiger partial charge in [-0.2, -0.15) is 0 Å². The van der Waals surface area contributed by atoms with Crippen LogP contribution in [-0.4, -0.2) is 18.0 Å². The van der Waals surface area contributed by atoms with Crippen LogP contribution < -0.4 is 0 Å². The Morgan fingerprint density at radius 2 is 2.17 bits per heavy atom. The Morgan fingerprint density at radius 3 is 2.67 bits per heavy atom. The summed E-state index contributed by atoms with van der Waals surface area (Å²) in [5.74, 6) is 0.263. The highest BCUT2D eigenvalue weighted by atomic mass is 16.5. The van der Waals surface area contributed by atoms with E-state index in [9.17, 15) is 4.79 Å². The van der Waals surface area contributed by atoms with Crippen molar-refractivity contribution in [3.8, 4) is 0 Å². The molecule has 12 heavy (non-hydrogen) atoms. The SMILES string of the molecule is CC(=O)CC12CC(C)(CCO1)C2. The molecule has 0 atom stereocenters. The van der Waals surface area contributed by atoms with Crippen molar-refractivity contribution in [3.05, 3.63) is 0 Å². The molecule has 0 aromatic rings. The smallest absolute Gasteiger partial charge is 0.132 e. The van der Waals surface area contributed by atoms with Crippen LogP contribution in [0.15, 0.2) is 0 Å². The monoisotopic (exact) mass is 168 g/mol. The van der Waals surface area contributed by atoms with Crippen LogP contribution in [0.3, 0.4) is 0 Å². The third-order valence-corrected chi connectivity index (χ3v) is 3.18. The van der Waals surface area contributed by atoms with Gasteiger partial charge in [-0.3, -0.25) is 4.79 Å². The summed E-state index contributed by atoms with van der Waals surface area (Å²) in [6, 6.07) is 0. The standard InChI is InChI=1S/C10H16O2/c1-8(11)5-10-6-9(2,7-10)3-4-12-10/h3-7H2,1-2H3. The Hall–Kier alpha value is -0.370. The lowest BCUT2D eigenvalue weighted by Gasteiger charge is -2.58. The van der Waals surface area contributed by atoms with Crippen molar-refractivity contribution >= 4 is 5.78 Å². The van der Waals surface area contributed by atoms with Gasteiger partial charge in [0.2, 0.25) is 0 Å². The fourth-order valence-electron chi connectivity index (χ4n) is 2.93. The van der Waals surface area contributed by atoms with Crippen LogP contribution in [0.2, 0.25) is 0 Å². The zero-order valence-electron chi connectivity index (χ0n) is 7.85. The maximum Gasteiger partial charge on any atom is 0.132 e. The minimum absolute atomic E-state index is 0.0428. The van der Waals surface area contributed by atoms with Gasteiger partial charge >= 0.3 is 0 Å². The second-order valence-electron chi connectivity index (χ2n) is 4.82. The van der Waals surface area contributed by atoms with Gasteiger partial charge in [-0.25, -0.2) is 0 Å². The first-order valence-electron chi connectivity index (χ1n) is 4.67. The zero-order chi connectivity index (χ0) is 8.82. The maximum absolute atomic E-state index is 11.0. The number of Topliss-reactive ketones (excluding diaryl/α,β-unsaturated/α-hetero) is 1. The van der Waals surface area contributed by atoms with Crippen LogP contribution >= 0.6 is 0 Å². The second kappa shape index (κ2) is 2.32. The molecule has 3 rings (SSSR count). The molecule has 0 spiro atoms. The van der Waals surface area contributed by atoms with Crippen LogP contribution in [0, 0.1) is 5.41 Å². The predicted molar refractivity (Wildman–Crippen MR) is 45.9 cm³/mol. The molecular formula is C10H16O2. The molecule has 2 aliphatic heterocycles. The molecule has 2 nitrogen and oxygen atoms in total. The summed E-state index contributed by atoms with van der Waals surface area (Å²) in [6.07, 6.45) is 3.99. The van der Waals surface area contributed by atoms with Crippen molar-refractivity contribution in [2.45, 2.75) is 45.1 Å². The summed E-state index contributed by atoms with van der Waals surface area (Å²) >= 11 is 0. The lowest BCUT2D eigenvalue weighted by atomic mass is 9.55. The van der Waals surface area contributed by atoms with E-state index in [4.69, 9.17) is 4.74 Å². The van der Waals surface area contributed by atoms with Crippen LogP contribution in [-0.2, 0) is 9.53 Å². The highest BCUT2D eigenvalue weighted by molar-refractivity contribution is 5.76. The Balaban J connectivity index is 2.02. The van der Waals surface area contributed by atoms with E-state index in [2.05, 4.69) is 6.92 Å². The van der Waals surface area contributed by atoms with Crippen molar-refractivity contribution in [1.29, 1.82) is 0 Å². The van der Waals surface area contributed by atoms with Crippen molar-refractivity contribution < 1.29 is 9.53 Å². The molecule has 1 saturated carbocycles. The van der Waals surface area contributed by atoms with E-state index in [1.165, 1.54) is 6.42 Å². The van der Waals surface area contributed by atoms with Gasteiger partial charge in [-0.15, -0.1) is 0 Å². The largest absolute Gasteiger partial charge is 0.374 e. The Morgan fingerprint density at radius 1 is 1.50 bits per heavy atom. The molecule has 0 unspecified atom stereocenters.